The summed E-state index contributed by atoms with van der Waals surface area (Å²) in [7, 11) is 0. The molecule has 6 nitrogen and oxygen atoms in total. The van der Waals surface area contributed by atoms with E-state index in [0.29, 0.717) is 24.6 Å². The smallest absolute Gasteiger partial charge is 0.286 e. The van der Waals surface area contributed by atoms with E-state index in [-0.39, 0.29) is 34.3 Å². The third-order valence-electron chi connectivity index (χ3n) is 6.40. The van der Waals surface area contributed by atoms with Crippen LogP contribution in [0.3, 0.4) is 0 Å². The molecule has 1 saturated heterocycles. The van der Waals surface area contributed by atoms with Crippen LogP contribution in [0.4, 0.5) is 4.79 Å². The lowest BCUT2D eigenvalue weighted by Crippen LogP contribution is -2.43. The van der Waals surface area contributed by atoms with E-state index in [1.54, 1.807) is 0 Å². The van der Waals surface area contributed by atoms with E-state index in [4.69, 9.17) is 4.74 Å². The number of aryl methyl sites for hydroxylation is 1. The summed E-state index contributed by atoms with van der Waals surface area (Å²) in [6.07, 6.45) is 1.47. The number of fused-ring (bicyclic) bond motifs is 2. The number of nitrogens with one attached hydrogen (secondary N) is 1. The van der Waals surface area contributed by atoms with Gasteiger partial charge in [-0.3, -0.25) is 19.7 Å². The van der Waals surface area contributed by atoms with Crippen LogP contribution in [0.15, 0.2) is 42.5 Å². The summed E-state index contributed by atoms with van der Waals surface area (Å²) in [4.78, 5) is 38.6. The van der Waals surface area contributed by atoms with Gasteiger partial charge in [0.05, 0.1) is 6.54 Å². The Morgan fingerprint density at radius 1 is 1.12 bits per heavy atom. The van der Waals surface area contributed by atoms with E-state index in [1.807, 2.05) is 41.3 Å². The molecule has 0 spiro atoms. The summed E-state index contributed by atoms with van der Waals surface area (Å²) in [6, 6.07) is 13.7. The van der Waals surface area contributed by atoms with Gasteiger partial charge in [-0.05, 0) is 48.1 Å². The van der Waals surface area contributed by atoms with Crippen molar-refractivity contribution in [1.29, 1.82) is 0 Å². The lowest BCUT2D eigenvalue weighted by molar-refractivity contribution is -0.119. The van der Waals surface area contributed by atoms with Gasteiger partial charge in [-0.25, -0.2) is 0 Å². The lowest BCUT2D eigenvalue weighted by atomic mass is 9.95. The normalized spacial score (nSPS) is 24.5. The molecule has 0 radical (unpaired) electrons. The second-order valence-electron chi connectivity index (χ2n) is 9.12. The molecule has 7 heteroatoms. The van der Waals surface area contributed by atoms with E-state index in [2.05, 4.69) is 25.2 Å². The molecule has 2 aliphatic heterocycles. The zero-order valence-electron chi connectivity index (χ0n) is 18.2. The van der Waals surface area contributed by atoms with Gasteiger partial charge in [0.25, 0.3) is 11.1 Å². The van der Waals surface area contributed by atoms with Gasteiger partial charge in [0.1, 0.15) is 17.1 Å². The van der Waals surface area contributed by atoms with Crippen LogP contribution in [-0.2, 0) is 11.2 Å². The molecular formula is C25H26N2O4S. The average molecular weight is 451 g/mol. The highest BCUT2D eigenvalue weighted by Crippen LogP contribution is 2.43. The van der Waals surface area contributed by atoms with Gasteiger partial charge in [-0.1, -0.05) is 49.9 Å². The van der Waals surface area contributed by atoms with E-state index < -0.39 is 0 Å². The number of hydrogen-bond acceptors (Lipinski definition) is 5. The van der Waals surface area contributed by atoms with Gasteiger partial charge in [0, 0.05) is 23.6 Å². The van der Waals surface area contributed by atoms with Crippen LogP contribution in [0, 0.1) is 5.92 Å². The molecule has 0 aromatic heterocycles. The molecule has 1 fully saturated rings. The number of amides is 3. The third kappa shape index (κ3) is 3.79. The Morgan fingerprint density at radius 3 is 2.69 bits per heavy atom. The van der Waals surface area contributed by atoms with Crippen LogP contribution in [0.5, 0.6) is 5.75 Å². The Morgan fingerprint density at radius 2 is 1.94 bits per heavy atom. The Kier molecular flexibility index (Phi) is 5.45. The van der Waals surface area contributed by atoms with Crippen LogP contribution >= 0.6 is 11.8 Å². The molecule has 2 aromatic carbocycles. The predicted octanol–water partition coefficient (Wildman–Crippen LogP) is 4.30. The highest BCUT2D eigenvalue weighted by atomic mass is 32.2. The van der Waals surface area contributed by atoms with E-state index in [0.717, 1.165) is 41.5 Å². The molecule has 0 bridgehead atoms. The maximum atomic E-state index is 12.9. The molecule has 3 atom stereocenters. The van der Waals surface area contributed by atoms with Crippen LogP contribution in [-0.4, -0.2) is 40.3 Å². The summed E-state index contributed by atoms with van der Waals surface area (Å²) >= 11 is 1.10. The molecule has 32 heavy (non-hydrogen) atoms. The van der Waals surface area contributed by atoms with Crippen molar-refractivity contribution < 1.29 is 19.1 Å². The first-order chi connectivity index (χ1) is 15.4. The first-order valence-corrected chi connectivity index (χ1v) is 12.0. The first-order valence-electron chi connectivity index (χ1n) is 11.1. The minimum atomic E-state index is -0.351. The summed E-state index contributed by atoms with van der Waals surface area (Å²) in [5.74, 6) is 1.06. The van der Waals surface area contributed by atoms with Gasteiger partial charge < -0.3 is 9.64 Å². The monoisotopic (exact) mass is 450 g/mol. The minimum Gasteiger partial charge on any atom is -0.484 e. The lowest BCUT2D eigenvalue weighted by Gasteiger charge is -2.35. The molecule has 0 saturated carbocycles. The van der Waals surface area contributed by atoms with Crippen molar-refractivity contribution in [3.8, 4) is 5.75 Å². The molecule has 5 rings (SSSR count). The highest BCUT2D eigenvalue weighted by molar-refractivity contribution is 8.15. The average Bonchev–Trinajstić information content (AvgIpc) is 3.32. The predicted molar refractivity (Wildman–Crippen MR) is 123 cm³/mol. The second-order valence-corrected chi connectivity index (χ2v) is 10.2. The Balaban J connectivity index is 1.39. The maximum Gasteiger partial charge on any atom is 0.286 e. The number of imide groups is 1. The van der Waals surface area contributed by atoms with E-state index >= 15 is 0 Å². The third-order valence-corrected chi connectivity index (χ3v) is 7.51. The maximum absolute atomic E-state index is 12.9. The van der Waals surface area contributed by atoms with Gasteiger partial charge in [-0.2, -0.15) is 0 Å². The van der Waals surface area contributed by atoms with E-state index in [9.17, 15) is 14.4 Å². The molecular weight excluding hydrogens is 424 g/mol. The van der Waals surface area contributed by atoms with Gasteiger partial charge in [0.2, 0.25) is 5.91 Å². The second kappa shape index (κ2) is 8.28. The summed E-state index contributed by atoms with van der Waals surface area (Å²) in [6.45, 7) is 5.43. The van der Waals surface area contributed by atoms with Crippen LogP contribution in [0.2, 0.25) is 0 Å². The number of nitrogens with zero attached hydrogens (tertiary/aromatic N) is 1. The van der Waals surface area contributed by atoms with Gasteiger partial charge in [0.15, 0.2) is 0 Å². The number of carbonyl (C=O) groups excluding carboxylic acids is 3. The van der Waals surface area contributed by atoms with E-state index in [1.165, 1.54) is 5.56 Å². The van der Waals surface area contributed by atoms with Crippen molar-refractivity contribution in [2.75, 3.05) is 13.1 Å². The molecule has 2 heterocycles. The SMILES string of the molecule is CC(C)CN1CC(Oc2ccc3c(c2)CC[C@H]3C2SC(=O)NC2=O)c2ccccc2C1=O. The Labute approximate surface area is 191 Å². The quantitative estimate of drug-likeness (QED) is 0.735. The van der Waals surface area contributed by atoms with Gasteiger partial charge in [-0.15, -0.1) is 0 Å². The largest absolute Gasteiger partial charge is 0.484 e. The number of rotatable bonds is 5. The molecule has 166 valence electrons. The topological polar surface area (TPSA) is 75.7 Å². The van der Waals surface area contributed by atoms with Crippen molar-refractivity contribution in [2.45, 2.75) is 44.0 Å². The fourth-order valence-electron chi connectivity index (χ4n) is 5.04. The molecule has 1 N–H and O–H groups in total. The van der Waals surface area contributed by atoms with Crippen molar-refractivity contribution in [2.24, 2.45) is 5.92 Å². The number of benzene rings is 2. The summed E-state index contributed by atoms with van der Waals surface area (Å²) in [5.41, 5.74) is 3.92. The van der Waals surface area contributed by atoms with Crippen LogP contribution in [0.25, 0.3) is 0 Å². The van der Waals surface area contributed by atoms with Crippen molar-refractivity contribution in [3.05, 3.63) is 64.7 Å². The molecule has 3 aliphatic rings. The van der Waals surface area contributed by atoms with Crippen LogP contribution in [0.1, 0.15) is 59.3 Å². The molecule has 2 unspecified atom stereocenters. The minimum absolute atomic E-state index is 0.0464. The Bertz CT molecular complexity index is 1100. The highest BCUT2D eigenvalue weighted by Gasteiger charge is 2.41. The van der Waals surface area contributed by atoms with Crippen LogP contribution < -0.4 is 10.1 Å². The number of ether oxygens (including phenoxy) is 1. The summed E-state index contributed by atoms with van der Waals surface area (Å²) < 4.78 is 6.43. The standard InChI is InChI=1S/C25H26N2O4S/c1-14(2)12-27-13-21(18-5-3-4-6-20(18)24(27)29)31-16-8-10-17-15(11-16)7-9-19(17)22-23(28)26-25(30)32-22/h3-6,8,10-11,14,19,21-22H,7,9,12-13H2,1-2H3,(H,26,28,30)/t19-,21?,22?/m1/s1. The number of thioether (sulfide) groups is 1. The zero-order valence-corrected chi connectivity index (χ0v) is 19.0. The van der Waals surface area contributed by atoms with Gasteiger partial charge >= 0.3 is 0 Å². The number of carbonyl (C=O) groups is 3. The molecule has 1 aliphatic carbocycles. The van der Waals surface area contributed by atoms with Crippen molar-refractivity contribution in [1.82, 2.24) is 10.2 Å². The first kappa shape index (κ1) is 21.1. The fourth-order valence-corrected chi connectivity index (χ4v) is 6.04. The molecule has 2 aromatic rings. The zero-order chi connectivity index (χ0) is 22.4. The Hall–Kier alpha value is -2.80. The van der Waals surface area contributed by atoms with Crippen molar-refractivity contribution >= 4 is 28.8 Å². The fraction of sp³-hybridized carbons (Fsp3) is 0.400. The van der Waals surface area contributed by atoms with Crippen molar-refractivity contribution in [3.63, 3.8) is 0 Å². The summed E-state index contributed by atoms with van der Waals surface area (Å²) in [5, 5.41) is 1.79. The molecule has 3 amide bonds. The number of hydrogen-bond donors (Lipinski definition) is 1.